The fourth-order valence-electron chi connectivity index (χ4n) is 5.11. The highest BCUT2D eigenvalue weighted by molar-refractivity contribution is 5.81. The monoisotopic (exact) mass is 386 g/mol. The van der Waals surface area contributed by atoms with Crippen LogP contribution in [0.15, 0.2) is 21.2 Å². The van der Waals surface area contributed by atoms with Crippen molar-refractivity contribution in [3.05, 3.63) is 38.3 Å². The molecule has 0 amide bonds. The molecule has 3 unspecified atom stereocenters. The van der Waals surface area contributed by atoms with Gasteiger partial charge in [-0.05, 0) is 43.9 Å². The molecule has 0 radical (unpaired) electrons. The molecule has 8 nitrogen and oxygen atoms in total. The van der Waals surface area contributed by atoms with Crippen LogP contribution in [0.25, 0.3) is 11.2 Å². The number of carboxylic acids is 1. The summed E-state index contributed by atoms with van der Waals surface area (Å²) in [6.07, 6.45) is 5.53. The highest BCUT2D eigenvalue weighted by Gasteiger charge is 2.47. The van der Waals surface area contributed by atoms with Crippen LogP contribution in [0.2, 0.25) is 0 Å². The number of rotatable bonds is 6. The van der Waals surface area contributed by atoms with Crippen LogP contribution in [0, 0.1) is 11.8 Å². The van der Waals surface area contributed by atoms with E-state index in [1.54, 1.807) is 4.57 Å². The zero-order chi connectivity index (χ0) is 20.0. The smallest absolute Gasteiger partial charge is 0.332 e. The van der Waals surface area contributed by atoms with E-state index in [-0.39, 0.29) is 23.1 Å². The summed E-state index contributed by atoms with van der Waals surface area (Å²) in [7, 11) is 0. The molecule has 4 rings (SSSR count). The molecule has 0 aliphatic heterocycles. The maximum atomic E-state index is 12.9. The Labute approximate surface area is 161 Å². The number of nitrogens with zero attached hydrogens (tertiary/aromatic N) is 3. The van der Waals surface area contributed by atoms with Gasteiger partial charge in [-0.3, -0.25) is 13.9 Å². The maximum absolute atomic E-state index is 12.9. The fraction of sp³-hybridized carbons (Fsp3) is 0.600. The highest BCUT2D eigenvalue weighted by Crippen LogP contribution is 2.56. The quantitative estimate of drug-likeness (QED) is 0.740. The molecule has 2 fully saturated rings. The number of imidazole rings is 1. The molecule has 2 aromatic heterocycles. The van der Waals surface area contributed by atoms with Crippen molar-refractivity contribution in [1.82, 2.24) is 19.1 Å². The number of aromatic nitrogens is 4. The number of allylic oxidation sites excluding steroid dienone is 1. The fourth-order valence-corrected chi connectivity index (χ4v) is 5.11. The van der Waals surface area contributed by atoms with Gasteiger partial charge in [0.05, 0.1) is 0 Å². The first-order chi connectivity index (χ1) is 13.5. The number of H-pyrrole nitrogens is 1. The summed E-state index contributed by atoms with van der Waals surface area (Å²) >= 11 is 0. The number of hydrogen-bond donors (Lipinski definition) is 2. The summed E-state index contributed by atoms with van der Waals surface area (Å²) in [6.45, 7) is 4.81. The summed E-state index contributed by atoms with van der Waals surface area (Å²) in [4.78, 5) is 44.8. The van der Waals surface area contributed by atoms with E-state index >= 15 is 0 Å². The van der Waals surface area contributed by atoms with Gasteiger partial charge in [0.15, 0.2) is 5.65 Å². The van der Waals surface area contributed by atoms with Crippen molar-refractivity contribution < 1.29 is 9.90 Å². The van der Waals surface area contributed by atoms with Crippen LogP contribution in [0.5, 0.6) is 0 Å². The zero-order valence-electron chi connectivity index (χ0n) is 16.3. The average molecular weight is 386 g/mol. The predicted octanol–water partition coefficient (Wildman–Crippen LogP) is 2.23. The molecule has 8 heteroatoms. The molecule has 2 heterocycles. The lowest BCUT2D eigenvalue weighted by molar-refractivity contribution is -0.131. The van der Waals surface area contributed by atoms with E-state index in [1.165, 1.54) is 10.6 Å². The molecule has 2 saturated carbocycles. The van der Waals surface area contributed by atoms with Gasteiger partial charge < -0.3 is 10.1 Å². The number of carbonyl (C=O) groups is 1. The van der Waals surface area contributed by atoms with Crippen LogP contribution < -0.4 is 11.2 Å². The molecule has 28 heavy (non-hydrogen) atoms. The Morgan fingerprint density at radius 2 is 1.93 bits per heavy atom. The summed E-state index contributed by atoms with van der Waals surface area (Å²) in [5.41, 5.74) is 1.14. The third-order valence-electron chi connectivity index (χ3n) is 6.16. The Morgan fingerprint density at radius 1 is 1.21 bits per heavy atom. The number of aliphatic carboxylic acids is 1. The lowest BCUT2D eigenvalue weighted by Crippen LogP contribution is -2.40. The molecule has 2 N–H and O–H groups in total. The van der Waals surface area contributed by atoms with Gasteiger partial charge >= 0.3 is 11.7 Å². The SMILES string of the molecule is CCCn1c(=O)c2[nH]c(C3C4CCC3/C(=C\C(=O)O)C4)nc2n(CCC)c1=O. The van der Waals surface area contributed by atoms with Gasteiger partial charge in [-0.15, -0.1) is 0 Å². The summed E-state index contributed by atoms with van der Waals surface area (Å²) in [5, 5.41) is 9.13. The molecule has 2 bridgehead atoms. The Bertz CT molecular complexity index is 1070. The van der Waals surface area contributed by atoms with Crippen molar-refractivity contribution in [3.8, 4) is 0 Å². The Hall–Kier alpha value is -2.64. The second-order valence-electron chi connectivity index (χ2n) is 7.94. The second-order valence-corrected chi connectivity index (χ2v) is 7.94. The number of aryl methyl sites for hydroxylation is 1. The van der Waals surface area contributed by atoms with Crippen molar-refractivity contribution in [1.29, 1.82) is 0 Å². The average Bonchev–Trinajstić information content (AvgIpc) is 3.33. The Balaban J connectivity index is 1.86. The number of fused-ring (bicyclic) bond motifs is 3. The van der Waals surface area contributed by atoms with Crippen LogP contribution in [0.1, 0.15) is 57.7 Å². The van der Waals surface area contributed by atoms with Crippen molar-refractivity contribution in [2.75, 3.05) is 0 Å². The van der Waals surface area contributed by atoms with Gasteiger partial charge in [-0.2, -0.15) is 0 Å². The number of aromatic amines is 1. The van der Waals surface area contributed by atoms with E-state index in [2.05, 4.69) is 4.98 Å². The summed E-state index contributed by atoms with van der Waals surface area (Å²) < 4.78 is 2.89. The second kappa shape index (κ2) is 7.07. The zero-order valence-corrected chi connectivity index (χ0v) is 16.3. The number of nitrogens with one attached hydrogen (secondary N) is 1. The van der Waals surface area contributed by atoms with Crippen molar-refractivity contribution in [2.24, 2.45) is 11.8 Å². The molecule has 150 valence electrons. The first-order valence-electron chi connectivity index (χ1n) is 10.1. The van der Waals surface area contributed by atoms with Gasteiger partial charge in [0.25, 0.3) is 5.56 Å². The third-order valence-corrected chi connectivity index (χ3v) is 6.16. The van der Waals surface area contributed by atoms with E-state index < -0.39 is 5.97 Å². The van der Waals surface area contributed by atoms with Crippen molar-refractivity contribution in [2.45, 2.75) is 65.0 Å². The van der Waals surface area contributed by atoms with Gasteiger partial charge in [0, 0.05) is 25.1 Å². The van der Waals surface area contributed by atoms with Crippen LogP contribution in [0.4, 0.5) is 0 Å². The first kappa shape index (κ1) is 18.7. The van der Waals surface area contributed by atoms with E-state index in [0.29, 0.717) is 42.4 Å². The molecular weight excluding hydrogens is 360 g/mol. The lowest BCUT2D eigenvalue weighted by atomic mass is 9.93. The van der Waals surface area contributed by atoms with Crippen LogP contribution in [-0.2, 0) is 17.9 Å². The van der Waals surface area contributed by atoms with Gasteiger partial charge in [-0.25, -0.2) is 14.6 Å². The molecule has 0 saturated heterocycles. The van der Waals surface area contributed by atoms with Crippen LogP contribution >= 0.6 is 0 Å². The molecular formula is C20H26N4O4. The van der Waals surface area contributed by atoms with Crippen LogP contribution in [-0.4, -0.2) is 30.2 Å². The van der Waals surface area contributed by atoms with Gasteiger partial charge in [-0.1, -0.05) is 19.4 Å². The normalized spacial score (nSPS) is 25.2. The first-order valence-corrected chi connectivity index (χ1v) is 10.1. The largest absolute Gasteiger partial charge is 0.478 e. The molecule has 0 aromatic carbocycles. The number of carboxylic acid groups (broad SMARTS) is 1. The lowest BCUT2D eigenvalue weighted by Gasteiger charge is -2.12. The van der Waals surface area contributed by atoms with E-state index in [4.69, 9.17) is 10.1 Å². The molecule has 3 atom stereocenters. The van der Waals surface area contributed by atoms with Gasteiger partial charge in [0.1, 0.15) is 11.3 Å². The highest BCUT2D eigenvalue weighted by atomic mass is 16.4. The minimum atomic E-state index is -0.912. The van der Waals surface area contributed by atoms with E-state index in [0.717, 1.165) is 31.3 Å². The molecule has 2 aliphatic rings. The molecule has 0 spiro atoms. The van der Waals surface area contributed by atoms with Crippen molar-refractivity contribution in [3.63, 3.8) is 0 Å². The van der Waals surface area contributed by atoms with E-state index in [1.807, 2.05) is 13.8 Å². The summed E-state index contributed by atoms with van der Waals surface area (Å²) in [6, 6.07) is 0. The minimum Gasteiger partial charge on any atom is -0.478 e. The number of hydrogen-bond acceptors (Lipinski definition) is 4. The maximum Gasteiger partial charge on any atom is 0.332 e. The molecule has 2 aromatic rings. The predicted molar refractivity (Wildman–Crippen MR) is 104 cm³/mol. The Kier molecular flexibility index (Phi) is 4.72. The topological polar surface area (TPSA) is 110 Å². The third kappa shape index (κ3) is 2.82. The molecule has 2 aliphatic carbocycles. The van der Waals surface area contributed by atoms with Crippen molar-refractivity contribution >= 4 is 17.1 Å². The van der Waals surface area contributed by atoms with Crippen LogP contribution in [0.3, 0.4) is 0 Å². The van der Waals surface area contributed by atoms with E-state index in [9.17, 15) is 14.4 Å². The Morgan fingerprint density at radius 3 is 2.61 bits per heavy atom. The minimum absolute atomic E-state index is 0.0854. The van der Waals surface area contributed by atoms with Gasteiger partial charge in [0.2, 0.25) is 0 Å². The standard InChI is InChI=1S/C20H26N4O4/c1-3-7-23-18-16(19(27)24(8-4-2)20(23)28)21-17(22-18)15-11-5-6-13(15)12(9-11)10-14(25)26/h10-11,13,15H,3-9H2,1-2H3,(H,21,22)(H,25,26)/b12-10-. The summed E-state index contributed by atoms with van der Waals surface area (Å²) in [5.74, 6) is 0.366.